The van der Waals surface area contributed by atoms with Crippen molar-refractivity contribution in [1.82, 2.24) is 5.32 Å². The summed E-state index contributed by atoms with van der Waals surface area (Å²) in [5, 5.41) is 13.0. The molecule has 1 unspecified atom stereocenters. The summed E-state index contributed by atoms with van der Waals surface area (Å²) in [5.41, 5.74) is 5.99. The van der Waals surface area contributed by atoms with Crippen LogP contribution in [0.5, 0.6) is 5.75 Å². The van der Waals surface area contributed by atoms with Gasteiger partial charge in [0.1, 0.15) is 18.5 Å². The highest BCUT2D eigenvalue weighted by molar-refractivity contribution is 5.74. The van der Waals surface area contributed by atoms with Gasteiger partial charge in [-0.25, -0.2) is 0 Å². The van der Waals surface area contributed by atoms with Crippen molar-refractivity contribution in [3.05, 3.63) is 29.8 Å². The Labute approximate surface area is 126 Å². The highest BCUT2D eigenvalue weighted by Gasteiger charge is 2.21. The molecule has 0 saturated heterocycles. The van der Waals surface area contributed by atoms with E-state index in [2.05, 4.69) is 12.2 Å². The fourth-order valence-corrected chi connectivity index (χ4v) is 1.96. The third kappa shape index (κ3) is 7.11. The quantitative estimate of drug-likeness (QED) is 0.639. The number of aryl methyl sites for hydroxylation is 1. The number of ether oxygens (including phenoxy) is 1. The summed E-state index contributed by atoms with van der Waals surface area (Å²) in [6.07, 6.45) is 0.559. The first-order valence-corrected chi connectivity index (χ1v) is 7.25. The fraction of sp³-hybridized carbons (Fsp3) is 0.562. The van der Waals surface area contributed by atoms with Gasteiger partial charge >= 0.3 is 0 Å². The summed E-state index contributed by atoms with van der Waals surface area (Å²) >= 11 is 0. The van der Waals surface area contributed by atoms with Crippen LogP contribution in [0.4, 0.5) is 0 Å². The number of aliphatic hydroxyl groups is 1. The highest BCUT2D eigenvalue weighted by Crippen LogP contribution is 2.13. The fourth-order valence-electron chi connectivity index (χ4n) is 1.96. The lowest BCUT2D eigenvalue weighted by atomic mass is 10.0. The van der Waals surface area contributed by atoms with Crippen LogP contribution in [0.3, 0.4) is 0 Å². The van der Waals surface area contributed by atoms with Gasteiger partial charge in [0.05, 0.1) is 0 Å². The summed E-state index contributed by atoms with van der Waals surface area (Å²) in [5.74, 6) is 0.372. The zero-order valence-electron chi connectivity index (χ0n) is 13.1. The molecule has 0 aliphatic carbocycles. The van der Waals surface area contributed by atoms with Crippen LogP contribution in [0, 0.1) is 0 Å². The van der Waals surface area contributed by atoms with E-state index in [0.29, 0.717) is 6.54 Å². The van der Waals surface area contributed by atoms with Crippen molar-refractivity contribution in [1.29, 1.82) is 0 Å². The van der Waals surface area contributed by atoms with Gasteiger partial charge in [0, 0.05) is 18.5 Å². The minimum absolute atomic E-state index is 0.200. The second-order valence-corrected chi connectivity index (χ2v) is 5.87. The van der Waals surface area contributed by atoms with Crippen molar-refractivity contribution in [2.24, 2.45) is 5.73 Å². The third-order valence-corrected chi connectivity index (χ3v) is 3.21. The molecule has 4 N–H and O–H groups in total. The first kappa shape index (κ1) is 17.5. The number of nitrogens with one attached hydrogen (secondary N) is 1. The summed E-state index contributed by atoms with van der Waals surface area (Å²) < 4.78 is 5.53. The molecule has 0 heterocycles. The molecular formula is C16H26N2O3. The van der Waals surface area contributed by atoms with E-state index in [0.717, 1.165) is 12.2 Å². The number of rotatable bonds is 9. The molecule has 118 valence electrons. The number of hydrogen-bond donors (Lipinski definition) is 3. The van der Waals surface area contributed by atoms with Gasteiger partial charge in [-0.15, -0.1) is 0 Å². The number of hydrogen-bond acceptors (Lipinski definition) is 4. The number of carbonyl (C=O) groups excluding carboxylic acids is 1. The number of benzene rings is 1. The third-order valence-electron chi connectivity index (χ3n) is 3.21. The number of carbonyl (C=O) groups is 1. The largest absolute Gasteiger partial charge is 0.491 e. The molecule has 0 aromatic heterocycles. The van der Waals surface area contributed by atoms with Crippen molar-refractivity contribution in [2.75, 3.05) is 13.2 Å². The molecular weight excluding hydrogens is 268 g/mol. The number of aliphatic hydroxyl groups excluding tert-OH is 1. The lowest BCUT2D eigenvalue weighted by Gasteiger charge is -2.26. The minimum atomic E-state index is -0.650. The molecule has 1 rings (SSSR count). The van der Waals surface area contributed by atoms with Crippen molar-refractivity contribution >= 4 is 5.91 Å². The van der Waals surface area contributed by atoms with E-state index in [9.17, 15) is 9.90 Å². The molecule has 21 heavy (non-hydrogen) atoms. The van der Waals surface area contributed by atoms with Gasteiger partial charge in [0.15, 0.2) is 0 Å². The molecule has 0 bridgehead atoms. The second-order valence-electron chi connectivity index (χ2n) is 5.87. The normalized spacial score (nSPS) is 13.0. The Bertz CT molecular complexity index is 443. The van der Waals surface area contributed by atoms with E-state index in [-0.39, 0.29) is 18.9 Å². The molecule has 0 fully saturated rings. The van der Waals surface area contributed by atoms with Crippen LogP contribution in [0.2, 0.25) is 0 Å². The topological polar surface area (TPSA) is 84.6 Å². The maximum Gasteiger partial charge on any atom is 0.219 e. The molecule has 1 amide bonds. The van der Waals surface area contributed by atoms with Gasteiger partial charge in [-0.1, -0.05) is 19.1 Å². The monoisotopic (exact) mass is 294 g/mol. The number of nitrogens with two attached hydrogens (primary N) is 1. The second kappa shape index (κ2) is 8.00. The summed E-state index contributed by atoms with van der Waals surface area (Å²) in [6.45, 7) is 6.38. The van der Waals surface area contributed by atoms with Gasteiger partial charge in [-0.3, -0.25) is 4.79 Å². The molecule has 1 aromatic rings. The van der Waals surface area contributed by atoms with Crippen molar-refractivity contribution in [3.63, 3.8) is 0 Å². The Morgan fingerprint density at radius 1 is 1.38 bits per heavy atom. The standard InChI is InChI=1S/C16H26N2O3/c1-4-12-5-7-14(8-6-12)21-11-13(19)10-18-16(2,3)9-15(17)20/h5-8,13,18-19H,4,9-11H2,1-3H3,(H2,17,20). The lowest BCUT2D eigenvalue weighted by molar-refractivity contribution is -0.119. The van der Waals surface area contributed by atoms with E-state index in [4.69, 9.17) is 10.5 Å². The van der Waals surface area contributed by atoms with Crippen LogP contribution in [0.1, 0.15) is 32.8 Å². The van der Waals surface area contributed by atoms with Crippen LogP contribution in [0.25, 0.3) is 0 Å². The number of primary amides is 1. The Morgan fingerprint density at radius 2 is 2.00 bits per heavy atom. The first-order chi connectivity index (χ1) is 9.82. The summed E-state index contributed by atoms with van der Waals surface area (Å²) in [4.78, 5) is 10.9. The van der Waals surface area contributed by atoms with Crippen LogP contribution < -0.4 is 15.8 Å². The molecule has 0 radical (unpaired) electrons. The maximum absolute atomic E-state index is 10.9. The SMILES string of the molecule is CCc1ccc(OCC(O)CNC(C)(C)CC(N)=O)cc1. The highest BCUT2D eigenvalue weighted by atomic mass is 16.5. The molecule has 0 aliphatic heterocycles. The van der Waals surface area contributed by atoms with Crippen LogP contribution in [-0.2, 0) is 11.2 Å². The van der Waals surface area contributed by atoms with Gasteiger partial charge in [-0.05, 0) is 38.0 Å². The van der Waals surface area contributed by atoms with Crippen molar-refractivity contribution in [2.45, 2.75) is 45.3 Å². The van der Waals surface area contributed by atoms with Crippen molar-refractivity contribution in [3.8, 4) is 5.75 Å². The van der Waals surface area contributed by atoms with Gasteiger partial charge in [-0.2, -0.15) is 0 Å². The molecule has 0 saturated carbocycles. The smallest absolute Gasteiger partial charge is 0.219 e. The van der Waals surface area contributed by atoms with E-state index in [1.807, 2.05) is 38.1 Å². The van der Waals surface area contributed by atoms with E-state index < -0.39 is 11.6 Å². The predicted octanol–water partition coefficient (Wildman–Crippen LogP) is 1.23. The Hall–Kier alpha value is -1.59. The average Bonchev–Trinajstić information content (AvgIpc) is 2.42. The molecule has 5 heteroatoms. The zero-order chi connectivity index (χ0) is 15.9. The number of β-amino-alcohol motifs (C(OH)–C–C–N with tert-alkyl or cyclic N) is 1. The molecule has 5 nitrogen and oxygen atoms in total. The Balaban J connectivity index is 2.33. The van der Waals surface area contributed by atoms with Crippen molar-refractivity contribution < 1.29 is 14.6 Å². The average molecular weight is 294 g/mol. The summed E-state index contributed by atoms with van der Waals surface area (Å²) in [7, 11) is 0. The van der Waals surface area contributed by atoms with E-state index >= 15 is 0 Å². The van der Waals surface area contributed by atoms with Gasteiger partial charge in [0.2, 0.25) is 5.91 Å². The number of amides is 1. The predicted molar refractivity (Wildman–Crippen MR) is 83.2 cm³/mol. The zero-order valence-corrected chi connectivity index (χ0v) is 13.1. The van der Waals surface area contributed by atoms with Crippen LogP contribution in [0.15, 0.2) is 24.3 Å². The first-order valence-electron chi connectivity index (χ1n) is 7.25. The van der Waals surface area contributed by atoms with Gasteiger partial charge in [0.25, 0.3) is 0 Å². The Morgan fingerprint density at radius 3 is 2.52 bits per heavy atom. The van der Waals surface area contributed by atoms with Gasteiger partial charge < -0.3 is 20.9 Å². The lowest BCUT2D eigenvalue weighted by Crippen LogP contribution is -2.46. The van der Waals surface area contributed by atoms with E-state index in [1.165, 1.54) is 5.56 Å². The molecule has 0 aliphatic rings. The van der Waals surface area contributed by atoms with E-state index in [1.54, 1.807) is 0 Å². The minimum Gasteiger partial charge on any atom is -0.491 e. The molecule has 1 atom stereocenters. The van der Waals surface area contributed by atoms with Crippen LogP contribution in [-0.4, -0.2) is 35.8 Å². The molecule has 1 aromatic carbocycles. The Kier molecular flexibility index (Phi) is 6.65. The summed E-state index contributed by atoms with van der Waals surface area (Å²) in [6, 6.07) is 7.82. The van der Waals surface area contributed by atoms with Crippen LogP contribution >= 0.6 is 0 Å². The maximum atomic E-state index is 10.9. The molecule has 0 spiro atoms.